The number of allylic oxidation sites excluding steroid dienone is 1. The number of rotatable bonds is 3. The second-order valence-electron chi connectivity index (χ2n) is 2.61. The van der Waals surface area contributed by atoms with E-state index in [1.165, 1.54) is 6.08 Å². The van der Waals surface area contributed by atoms with Crippen molar-refractivity contribution in [3.8, 4) is 0 Å². The maximum absolute atomic E-state index is 10.3. The largest absolute Gasteiger partial charge is 0.481 e. The molecule has 0 spiro atoms. The third kappa shape index (κ3) is 2.07. The third-order valence-electron chi connectivity index (χ3n) is 1.66. The lowest BCUT2D eigenvalue weighted by molar-refractivity contribution is -0.138. The number of primary amides is 1. The molecule has 1 saturated carbocycles. The Hall–Kier alpha value is -1.32. The minimum Gasteiger partial charge on any atom is -0.481 e. The van der Waals surface area contributed by atoms with Crippen LogP contribution in [0.2, 0.25) is 0 Å². The Morgan fingerprint density at radius 3 is 2.55 bits per heavy atom. The molecule has 3 N–H and O–H groups in total. The molecule has 0 heterocycles. The van der Waals surface area contributed by atoms with E-state index in [1.54, 1.807) is 6.08 Å². The average Bonchev–Trinajstić information content (AvgIpc) is 2.61. The molecule has 60 valence electrons. The molecule has 0 unspecified atom stereocenters. The highest BCUT2D eigenvalue weighted by Crippen LogP contribution is 2.39. The summed E-state index contributed by atoms with van der Waals surface area (Å²) in [4.78, 5) is 20.5. The molecule has 0 aromatic rings. The quantitative estimate of drug-likeness (QED) is 0.551. The van der Waals surface area contributed by atoms with E-state index in [0.717, 1.165) is 0 Å². The van der Waals surface area contributed by atoms with Crippen LogP contribution in [0.15, 0.2) is 12.2 Å². The van der Waals surface area contributed by atoms with E-state index >= 15 is 0 Å². The van der Waals surface area contributed by atoms with Gasteiger partial charge in [0.1, 0.15) is 0 Å². The Morgan fingerprint density at radius 1 is 1.55 bits per heavy atom. The molecule has 0 radical (unpaired) electrons. The Bertz CT molecular complexity index is 222. The van der Waals surface area contributed by atoms with Crippen LogP contribution in [0.1, 0.15) is 6.42 Å². The van der Waals surface area contributed by atoms with Crippen LogP contribution in [0, 0.1) is 11.8 Å². The molecule has 1 rings (SSSR count). The molecule has 0 saturated heterocycles. The molecule has 1 amide bonds. The maximum atomic E-state index is 10.3. The van der Waals surface area contributed by atoms with Gasteiger partial charge in [0.15, 0.2) is 0 Å². The van der Waals surface area contributed by atoms with Crippen LogP contribution in [0.25, 0.3) is 0 Å². The number of carbonyl (C=O) groups excluding carboxylic acids is 1. The zero-order valence-corrected chi connectivity index (χ0v) is 5.86. The number of carboxylic acids is 1. The normalized spacial score (nSPS) is 28.7. The number of amides is 1. The van der Waals surface area contributed by atoms with Crippen molar-refractivity contribution in [1.82, 2.24) is 0 Å². The summed E-state index contributed by atoms with van der Waals surface area (Å²) in [5, 5.41) is 8.44. The standard InChI is InChI=1S/C7H9NO3/c8-6(9)2-1-4-3-5(4)7(10)11/h1-2,4-5H,3H2,(H2,8,9)(H,10,11)/b2-1-/t4-,5+/m1/s1. The molecule has 4 nitrogen and oxygen atoms in total. The Balaban J connectivity index is 2.34. The highest BCUT2D eigenvalue weighted by molar-refractivity contribution is 5.86. The molecule has 2 atom stereocenters. The fourth-order valence-corrected chi connectivity index (χ4v) is 0.930. The summed E-state index contributed by atoms with van der Waals surface area (Å²) >= 11 is 0. The summed E-state index contributed by atoms with van der Waals surface area (Å²) in [6.45, 7) is 0. The minimum absolute atomic E-state index is 0.0139. The lowest BCUT2D eigenvalue weighted by Crippen LogP contribution is -2.06. The Kier molecular flexibility index (Phi) is 1.94. The third-order valence-corrected chi connectivity index (χ3v) is 1.66. The van der Waals surface area contributed by atoms with Crippen molar-refractivity contribution >= 4 is 11.9 Å². The van der Waals surface area contributed by atoms with Crippen LogP contribution in [0.5, 0.6) is 0 Å². The van der Waals surface area contributed by atoms with Crippen LogP contribution in [0.3, 0.4) is 0 Å². The Labute approximate surface area is 63.7 Å². The van der Waals surface area contributed by atoms with Gasteiger partial charge < -0.3 is 10.8 Å². The van der Waals surface area contributed by atoms with Gasteiger partial charge in [0.05, 0.1) is 5.92 Å². The highest BCUT2D eigenvalue weighted by atomic mass is 16.4. The average molecular weight is 155 g/mol. The maximum Gasteiger partial charge on any atom is 0.307 e. The van der Waals surface area contributed by atoms with Crippen LogP contribution in [-0.4, -0.2) is 17.0 Å². The SMILES string of the molecule is NC(=O)/C=C\[C@@H]1C[C@@H]1C(=O)O. The first-order valence-corrected chi connectivity index (χ1v) is 3.31. The predicted molar refractivity (Wildman–Crippen MR) is 37.6 cm³/mol. The summed E-state index contributed by atoms with van der Waals surface area (Å²) < 4.78 is 0. The molecular weight excluding hydrogens is 146 g/mol. The molecule has 0 aromatic carbocycles. The van der Waals surface area contributed by atoms with Gasteiger partial charge >= 0.3 is 5.97 Å². The van der Waals surface area contributed by atoms with Gasteiger partial charge in [-0.05, 0) is 18.4 Å². The second kappa shape index (κ2) is 2.74. The van der Waals surface area contributed by atoms with Gasteiger partial charge in [-0.3, -0.25) is 9.59 Å². The molecule has 0 bridgehead atoms. The minimum atomic E-state index is -0.802. The lowest BCUT2D eigenvalue weighted by atomic mass is 10.3. The smallest absolute Gasteiger partial charge is 0.307 e. The Morgan fingerprint density at radius 2 is 2.18 bits per heavy atom. The van der Waals surface area contributed by atoms with E-state index in [0.29, 0.717) is 6.42 Å². The van der Waals surface area contributed by atoms with Crippen molar-refractivity contribution in [3.63, 3.8) is 0 Å². The van der Waals surface area contributed by atoms with E-state index in [4.69, 9.17) is 10.8 Å². The zero-order chi connectivity index (χ0) is 8.43. The van der Waals surface area contributed by atoms with E-state index < -0.39 is 11.9 Å². The van der Waals surface area contributed by atoms with Crippen molar-refractivity contribution in [2.24, 2.45) is 17.6 Å². The van der Waals surface area contributed by atoms with Gasteiger partial charge in [0.25, 0.3) is 0 Å². The first kappa shape index (κ1) is 7.78. The van der Waals surface area contributed by atoms with E-state index in [2.05, 4.69) is 0 Å². The molecular formula is C7H9NO3. The monoisotopic (exact) mass is 155 g/mol. The highest BCUT2D eigenvalue weighted by Gasteiger charge is 2.41. The van der Waals surface area contributed by atoms with Crippen molar-refractivity contribution in [1.29, 1.82) is 0 Å². The number of aliphatic carboxylic acids is 1. The van der Waals surface area contributed by atoms with E-state index in [-0.39, 0.29) is 11.8 Å². The van der Waals surface area contributed by atoms with Crippen molar-refractivity contribution in [2.45, 2.75) is 6.42 Å². The number of carboxylic acid groups (broad SMARTS) is 1. The van der Waals surface area contributed by atoms with Gasteiger partial charge in [-0.2, -0.15) is 0 Å². The number of hydrogen-bond acceptors (Lipinski definition) is 2. The topological polar surface area (TPSA) is 80.4 Å². The van der Waals surface area contributed by atoms with Gasteiger partial charge in [0.2, 0.25) is 5.91 Å². The predicted octanol–water partition coefficient (Wildman–Crippen LogP) is -0.251. The van der Waals surface area contributed by atoms with Gasteiger partial charge in [-0.25, -0.2) is 0 Å². The summed E-state index contributed by atoms with van der Waals surface area (Å²) in [7, 11) is 0. The van der Waals surface area contributed by atoms with Gasteiger partial charge in [0, 0.05) is 0 Å². The lowest BCUT2D eigenvalue weighted by Gasteiger charge is -1.84. The van der Waals surface area contributed by atoms with Crippen LogP contribution in [-0.2, 0) is 9.59 Å². The van der Waals surface area contributed by atoms with Crippen LogP contribution in [0.4, 0.5) is 0 Å². The number of carbonyl (C=O) groups is 2. The molecule has 1 aliphatic carbocycles. The van der Waals surface area contributed by atoms with Crippen molar-refractivity contribution in [3.05, 3.63) is 12.2 Å². The molecule has 0 aliphatic heterocycles. The van der Waals surface area contributed by atoms with Crippen molar-refractivity contribution in [2.75, 3.05) is 0 Å². The summed E-state index contributed by atoms with van der Waals surface area (Å²) in [6.07, 6.45) is 3.40. The number of nitrogens with two attached hydrogens (primary N) is 1. The van der Waals surface area contributed by atoms with Crippen molar-refractivity contribution < 1.29 is 14.7 Å². The van der Waals surface area contributed by atoms with E-state index in [1.807, 2.05) is 0 Å². The van der Waals surface area contributed by atoms with E-state index in [9.17, 15) is 9.59 Å². The first-order chi connectivity index (χ1) is 5.11. The molecule has 0 aromatic heterocycles. The molecule has 1 fully saturated rings. The fraction of sp³-hybridized carbons (Fsp3) is 0.429. The zero-order valence-electron chi connectivity index (χ0n) is 5.86. The first-order valence-electron chi connectivity index (χ1n) is 3.31. The summed E-state index contributed by atoms with van der Waals surface area (Å²) in [6, 6.07) is 0. The second-order valence-corrected chi connectivity index (χ2v) is 2.61. The van der Waals surface area contributed by atoms with Crippen LogP contribution >= 0.6 is 0 Å². The molecule has 4 heteroatoms. The van der Waals surface area contributed by atoms with Gasteiger partial charge in [-0.1, -0.05) is 6.08 Å². The summed E-state index contributed by atoms with van der Waals surface area (Å²) in [5.74, 6) is -1.62. The van der Waals surface area contributed by atoms with Crippen LogP contribution < -0.4 is 5.73 Å². The fourth-order valence-electron chi connectivity index (χ4n) is 0.930. The van der Waals surface area contributed by atoms with Gasteiger partial charge in [-0.15, -0.1) is 0 Å². The summed E-state index contributed by atoms with van der Waals surface area (Å²) in [5.41, 5.74) is 4.82. The number of hydrogen-bond donors (Lipinski definition) is 2. The molecule has 11 heavy (non-hydrogen) atoms. The molecule has 1 aliphatic rings.